The van der Waals surface area contributed by atoms with E-state index in [9.17, 15) is 0 Å². The van der Waals surface area contributed by atoms with Crippen LogP contribution >= 0.6 is 0 Å². The molecule has 3 aromatic rings. The maximum atomic E-state index is 5.48. The second-order valence-electron chi connectivity index (χ2n) is 6.00. The topological polar surface area (TPSA) is 86.0 Å². The number of rotatable bonds is 4. The molecular formula is C17H19N5O2. The molecule has 0 amide bonds. The van der Waals surface area contributed by atoms with E-state index in [0.29, 0.717) is 23.5 Å². The number of nitrogens with zero attached hydrogens (tertiary/aromatic N) is 4. The number of ether oxygens (including phenoxy) is 1. The number of aryl methyl sites for hydroxylation is 1. The van der Waals surface area contributed by atoms with Crippen molar-refractivity contribution in [1.29, 1.82) is 0 Å². The second-order valence-corrected chi connectivity index (χ2v) is 6.00. The van der Waals surface area contributed by atoms with Crippen LogP contribution in [0.25, 0.3) is 11.0 Å². The Hall–Kier alpha value is -2.54. The highest BCUT2D eigenvalue weighted by molar-refractivity contribution is 5.75. The molecule has 124 valence electrons. The van der Waals surface area contributed by atoms with E-state index >= 15 is 0 Å². The van der Waals surface area contributed by atoms with Crippen LogP contribution in [0.5, 0.6) is 0 Å². The minimum Gasteiger partial charge on any atom is -0.381 e. The monoisotopic (exact) mass is 325 g/mol. The Labute approximate surface area is 139 Å². The number of para-hydroxylation sites is 2. The Balaban J connectivity index is 1.64. The molecule has 1 fully saturated rings. The first-order valence-corrected chi connectivity index (χ1v) is 8.16. The fraction of sp³-hybridized carbons (Fsp3) is 0.412. The molecule has 3 heterocycles. The Bertz CT molecular complexity index is 828. The third-order valence-electron chi connectivity index (χ3n) is 4.30. The number of aromatic nitrogens is 4. The van der Waals surface area contributed by atoms with Gasteiger partial charge in [0, 0.05) is 13.2 Å². The molecule has 0 aliphatic carbocycles. The van der Waals surface area contributed by atoms with Gasteiger partial charge in [-0.05, 0) is 37.8 Å². The van der Waals surface area contributed by atoms with Crippen molar-refractivity contribution in [1.82, 2.24) is 20.1 Å². The lowest BCUT2D eigenvalue weighted by Crippen LogP contribution is -2.27. The lowest BCUT2D eigenvalue weighted by molar-refractivity contribution is 0.0570. The molecule has 1 aromatic carbocycles. The van der Waals surface area contributed by atoms with Crippen LogP contribution in [0.3, 0.4) is 0 Å². The van der Waals surface area contributed by atoms with Crippen LogP contribution in [0.1, 0.15) is 30.6 Å². The number of hydrogen-bond acceptors (Lipinski definition) is 7. The summed E-state index contributed by atoms with van der Waals surface area (Å²) < 4.78 is 10.9. The SMILES string of the molecule is Cc1noc([C@@H](Nc2cnc3ccccc3n2)C2CCOCC2)n1. The molecule has 0 bridgehead atoms. The highest BCUT2D eigenvalue weighted by Gasteiger charge is 2.30. The molecule has 0 radical (unpaired) electrons. The number of benzene rings is 1. The Morgan fingerprint density at radius 2 is 1.92 bits per heavy atom. The van der Waals surface area contributed by atoms with Crippen molar-refractivity contribution in [3.8, 4) is 0 Å². The van der Waals surface area contributed by atoms with Crippen molar-refractivity contribution in [2.75, 3.05) is 18.5 Å². The zero-order chi connectivity index (χ0) is 16.4. The molecular weight excluding hydrogens is 306 g/mol. The van der Waals surface area contributed by atoms with Gasteiger partial charge in [-0.15, -0.1) is 0 Å². The summed E-state index contributed by atoms with van der Waals surface area (Å²) in [6.45, 7) is 3.32. The van der Waals surface area contributed by atoms with Gasteiger partial charge in [0.2, 0.25) is 5.89 Å². The molecule has 1 aliphatic rings. The normalized spacial score (nSPS) is 17.0. The average molecular weight is 325 g/mol. The van der Waals surface area contributed by atoms with Gasteiger partial charge < -0.3 is 14.6 Å². The highest BCUT2D eigenvalue weighted by atomic mass is 16.5. The van der Waals surface area contributed by atoms with Gasteiger partial charge in [0.1, 0.15) is 11.9 Å². The van der Waals surface area contributed by atoms with Crippen molar-refractivity contribution in [2.45, 2.75) is 25.8 Å². The molecule has 0 spiro atoms. The van der Waals surface area contributed by atoms with Crippen LogP contribution in [0, 0.1) is 12.8 Å². The standard InChI is InChI=1S/C17H19N5O2/c1-11-19-17(24-22-11)16(12-6-8-23-9-7-12)21-15-10-18-13-4-2-3-5-14(13)20-15/h2-5,10,12,16H,6-9H2,1H3,(H,20,21)/t16-/m0/s1. The molecule has 0 saturated carbocycles. The fourth-order valence-corrected chi connectivity index (χ4v) is 3.06. The van der Waals surface area contributed by atoms with Gasteiger partial charge in [0.15, 0.2) is 5.82 Å². The van der Waals surface area contributed by atoms with Crippen LogP contribution < -0.4 is 5.32 Å². The van der Waals surface area contributed by atoms with Gasteiger partial charge in [0.05, 0.1) is 17.2 Å². The zero-order valence-electron chi connectivity index (χ0n) is 13.5. The van der Waals surface area contributed by atoms with Crippen molar-refractivity contribution in [3.63, 3.8) is 0 Å². The molecule has 1 aliphatic heterocycles. The summed E-state index contributed by atoms with van der Waals surface area (Å²) in [7, 11) is 0. The molecule has 7 heteroatoms. The minimum atomic E-state index is -0.0921. The molecule has 1 atom stereocenters. The maximum Gasteiger partial charge on any atom is 0.249 e. The van der Waals surface area contributed by atoms with Crippen molar-refractivity contribution < 1.29 is 9.26 Å². The largest absolute Gasteiger partial charge is 0.381 e. The number of fused-ring (bicyclic) bond motifs is 1. The summed E-state index contributed by atoms with van der Waals surface area (Å²) in [6.07, 6.45) is 3.64. The van der Waals surface area contributed by atoms with Gasteiger partial charge in [-0.1, -0.05) is 17.3 Å². The molecule has 1 N–H and O–H groups in total. The first-order valence-electron chi connectivity index (χ1n) is 8.16. The highest BCUT2D eigenvalue weighted by Crippen LogP contribution is 2.32. The van der Waals surface area contributed by atoms with Crippen molar-refractivity contribution in [3.05, 3.63) is 42.2 Å². The lowest BCUT2D eigenvalue weighted by Gasteiger charge is -2.28. The summed E-state index contributed by atoms with van der Waals surface area (Å²) in [5, 5.41) is 7.38. The van der Waals surface area contributed by atoms with E-state index < -0.39 is 0 Å². The fourth-order valence-electron chi connectivity index (χ4n) is 3.06. The second kappa shape index (κ2) is 6.52. The van der Waals surface area contributed by atoms with E-state index in [-0.39, 0.29) is 6.04 Å². The molecule has 1 saturated heterocycles. The third kappa shape index (κ3) is 3.07. The molecule has 2 aromatic heterocycles. The molecule has 7 nitrogen and oxygen atoms in total. The first kappa shape index (κ1) is 15.0. The predicted octanol–water partition coefficient (Wildman–Crippen LogP) is 2.90. The molecule has 24 heavy (non-hydrogen) atoms. The minimum absolute atomic E-state index is 0.0921. The number of anilines is 1. The van der Waals surface area contributed by atoms with E-state index in [1.165, 1.54) is 0 Å². The molecule has 0 unspecified atom stereocenters. The number of hydrogen-bond donors (Lipinski definition) is 1. The Morgan fingerprint density at radius 1 is 1.12 bits per heavy atom. The summed E-state index contributed by atoms with van der Waals surface area (Å²) in [5.74, 6) is 2.29. The van der Waals surface area contributed by atoms with E-state index in [1.54, 1.807) is 6.20 Å². The zero-order valence-corrected chi connectivity index (χ0v) is 13.5. The smallest absolute Gasteiger partial charge is 0.249 e. The predicted molar refractivity (Wildman–Crippen MR) is 88.5 cm³/mol. The van der Waals surface area contributed by atoms with Crippen LogP contribution in [-0.4, -0.2) is 33.3 Å². The van der Waals surface area contributed by atoms with Crippen LogP contribution in [0.15, 0.2) is 35.0 Å². The van der Waals surface area contributed by atoms with Crippen molar-refractivity contribution in [2.24, 2.45) is 5.92 Å². The van der Waals surface area contributed by atoms with Crippen LogP contribution in [0.2, 0.25) is 0 Å². The van der Waals surface area contributed by atoms with Crippen molar-refractivity contribution >= 4 is 16.9 Å². The number of nitrogens with one attached hydrogen (secondary N) is 1. The average Bonchev–Trinajstić information content (AvgIpc) is 3.06. The first-order chi connectivity index (χ1) is 11.8. The molecule has 4 rings (SSSR count). The third-order valence-corrected chi connectivity index (χ3v) is 4.30. The summed E-state index contributed by atoms with van der Waals surface area (Å²) in [6, 6.07) is 7.72. The quantitative estimate of drug-likeness (QED) is 0.789. The summed E-state index contributed by atoms with van der Waals surface area (Å²) in [4.78, 5) is 13.5. The summed E-state index contributed by atoms with van der Waals surface area (Å²) >= 11 is 0. The van der Waals surface area contributed by atoms with Gasteiger partial charge in [-0.25, -0.2) is 4.98 Å². The van der Waals surface area contributed by atoms with Gasteiger partial charge in [-0.2, -0.15) is 4.98 Å². The lowest BCUT2D eigenvalue weighted by atomic mass is 9.91. The van der Waals surface area contributed by atoms with Gasteiger partial charge in [0.25, 0.3) is 0 Å². The Morgan fingerprint density at radius 3 is 2.67 bits per heavy atom. The van der Waals surface area contributed by atoms with E-state index in [4.69, 9.17) is 9.26 Å². The van der Waals surface area contributed by atoms with Crippen LogP contribution in [-0.2, 0) is 4.74 Å². The Kier molecular flexibility index (Phi) is 4.08. The van der Waals surface area contributed by atoms with E-state index in [0.717, 1.165) is 37.1 Å². The van der Waals surface area contributed by atoms with Gasteiger partial charge in [-0.3, -0.25) is 4.98 Å². The van der Waals surface area contributed by atoms with E-state index in [1.807, 2.05) is 31.2 Å². The van der Waals surface area contributed by atoms with Crippen LogP contribution in [0.4, 0.5) is 5.82 Å². The van der Waals surface area contributed by atoms with E-state index in [2.05, 4.69) is 25.4 Å². The maximum absolute atomic E-state index is 5.48. The van der Waals surface area contributed by atoms with Gasteiger partial charge >= 0.3 is 0 Å². The summed E-state index contributed by atoms with van der Waals surface area (Å²) in [5.41, 5.74) is 1.73.